The molecule has 5 rings (SSSR count). The Morgan fingerprint density at radius 2 is 1.83 bits per heavy atom. The van der Waals surface area contributed by atoms with Crippen molar-refractivity contribution >= 4 is 35.3 Å². The number of carboxylic acid groups (broad SMARTS) is 1. The lowest BCUT2D eigenvalue weighted by atomic mass is 9.91. The molecule has 1 aromatic carbocycles. The molecule has 1 atom stereocenters. The van der Waals surface area contributed by atoms with Crippen LogP contribution in [0.15, 0.2) is 83.5 Å². The molecule has 0 saturated heterocycles. The second-order valence-corrected chi connectivity index (χ2v) is 14.2. The van der Waals surface area contributed by atoms with Gasteiger partial charge in [-0.2, -0.15) is 10.1 Å². The molecule has 54 heavy (non-hydrogen) atoms. The molecular formula is C39H44ClN7O7. The third kappa shape index (κ3) is 8.83. The third-order valence-electron chi connectivity index (χ3n) is 8.32. The Bertz CT molecular complexity index is 2180. The molecule has 0 spiro atoms. The van der Waals surface area contributed by atoms with E-state index in [0.29, 0.717) is 29.1 Å². The van der Waals surface area contributed by atoms with Gasteiger partial charge in [-0.05, 0) is 62.4 Å². The van der Waals surface area contributed by atoms with Crippen LogP contribution in [0, 0.1) is 0 Å². The van der Waals surface area contributed by atoms with Gasteiger partial charge in [-0.3, -0.25) is 4.79 Å². The van der Waals surface area contributed by atoms with E-state index < -0.39 is 23.7 Å². The summed E-state index contributed by atoms with van der Waals surface area (Å²) in [5.41, 5.74) is 1.82. The molecule has 1 aliphatic rings. The smallest absolute Gasteiger partial charge is 0.416 e. The topological polar surface area (TPSA) is 163 Å². The molecule has 0 aliphatic heterocycles. The maximum absolute atomic E-state index is 13.2. The van der Waals surface area contributed by atoms with Gasteiger partial charge in [0.05, 0.1) is 44.4 Å². The van der Waals surface area contributed by atoms with E-state index >= 15 is 0 Å². The number of benzene rings is 1. The molecule has 0 fully saturated rings. The molecule has 1 aliphatic carbocycles. The maximum atomic E-state index is 13.2. The highest BCUT2D eigenvalue weighted by Crippen LogP contribution is 2.39. The van der Waals surface area contributed by atoms with E-state index in [1.54, 1.807) is 34.1 Å². The number of hydrogen-bond acceptors (Lipinski definition) is 10. The van der Waals surface area contributed by atoms with Crippen LogP contribution < -0.4 is 25.2 Å². The lowest BCUT2D eigenvalue weighted by Gasteiger charge is -2.25. The maximum Gasteiger partial charge on any atom is 0.416 e. The predicted molar refractivity (Wildman–Crippen MR) is 207 cm³/mol. The second-order valence-electron chi connectivity index (χ2n) is 13.8. The normalized spacial score (nSPS) is 13.3. The van der Waals surface area contributed by atoms with E-state index in [2.05, 4.69) is 20.4 Å². The Morgan fingerprint density at radius 1 is 1.11 bits per heavy atom. The molecule has 0 bridgehead atoms. The van der Waals surface area contributed by atoms with Gasteiger partial charge in [-0.1, -0.05) is 68.0 Å². The molecule has 14 nitrogen and oxygen atoms in total. The van der Waals surface area contributed by atoms with Gasteiger partial charge in [-0.15, -0.1) is 0 Å². The molecule has 2 N–H and O–H groups in total. The van der Waals surface area contributed by atoms with Gasteiger partial charge in [0.1, 0.15) is 22.1 Å². The number of methoxy groups -OCH3 is 2. The summed E-state index contributed by atoms with van der Waals surface area (Å²) < 4.78 is 19.4. The number of carbonyl (C=O) groups excluding carboxylic acids is 1. The van der Waals surface area contributed by atoms with Crippen LogP contribution in [0.1, 0.15) is 80.3 Å². The van der Waals surface area contributed by atoms with E-state index in [0.717, 1.165) is 16.0 Å². The molecule has 1 amide bonds. The summed E-state index contributed by atoms with van der Waals surface area (Å²) in [5.74, 6) is -0.831. The highest BCUT2D eigenvalue weighted by molar-refractivity contribution is 6.30. The summed E-state index contributed by atoms with van der Waals surface area (Å²) in [6, 6.07) is 8.06. The fraction of sp³-hybridized carbons (Fsp3) is 0.333. The van der Waals surface area contributed by atoms with Crippen LogP contribution in [0.5, 0.6) is 11.6 Å². The number of carbonyl (C=O) groups is 2. The summed E-state index contributed by atoms with van der Waals surface area (Å²) in [6.07, 6.45) is 12.7. The summed E-state index contributed by atoms with van der Waals surface area (Å²) in [6.45, 7) is 9.31. The van der Waals surface area contributed by atoms with Crippen LogP contribution >= 0.6 is 11.6 Å². The largest absolute Gasteiger partial charge is 0.497 e. The van der Waals surface area contributed by atoms with Gasteiger partial charge in [0.15, 0.2) is 5.69 Å². The molecule has 4 aromatic rings. The Balaban J connectivity index is 1.66. The Labute approximate surface area is 318 Å². The second kappa shape index (κ2) is 16.4. The third-order valence-corrected chi connectivity index (χ3v) is 8.59. The van der Waals surface area contributed by atoms with Crippen molar-refractivity contribution in [1.82, 2.24) is 24.3 Å². The van der Waals surface area contributed by atoms with Crippen LogP contribution in [-0.2, 0) is 11.3 Å². The van der Waals surface area contributed by atoms with Crippen LogP contribution in [-0.4, -0.2) is 68.4 Å². The SMILES string of the molecule is COc1ccc(Cn2cc(NC(C3=CC=CCC=C3)c3c(C(=O)O)nn(-c4cnc(N(C)C(=O)OC(C)(C)C)nc4OC)c3C(C)C)cc(Cl)c2=O)cc1. The van der Waals surface area contributed by atoms with Crippen LogP contribution in [0.2, 0.25) is 5.02 Å². The van der Waals surface area contributed by atoms with Crippen LogP contribution in [0.4, 0.5) is 16.4 Å². The Kier molecular flexibility index (Phi) is 12.0. The first kappa shape index (κ1) is 39.3. The van der Waals surface area contributed by atoms with E-state index in [9.17, 15) is 19.5 Å². The highest BCUT2D eigenvalue weighted by atomic mass is 35.5. The number of amides is 1. The molecule has 1 unspecified atom stereocenters. The van der Waals surface area contributed by atoms with Crippen molar-refractivity contribution in [3.63, 3.8) is 0 Å². The van der Waals surface area contributed by atoms with Gasteiger partial charge in [0, 0.05) is 18.8 Å². The minimum atomic E-state index is -1.27. The number of aromatic nitrogens is 5. The van der Waals surface area contributed by atoms with Crippen molar-refractivity contribution in [2.45, 2.75) is 65.1 Å². The number of hydrogen-bond donors (Lipinski definition) is 2. The number of ether oxygens (including phenoxy) is 3. The zero-order chi connectivity index (χ0) is 39.3. The van der Waals surface area contributed by atoms with Gasteiger partial charge >= 0.3 is 12.1 Å². The van der Waals surface area contributed by atoms with Gasteiger partial charge < -0.3 is 29.2 Å². The minimum absolute atomic E-state index is 0.00325. The number of nitrogens with zero attached hydrogens (tertiary/aromatic N) is 6. The highest BCUT2D eigenvalue weighted by Gasteiger charge is 2.34. The monoisotopic (exact) mass is 757 g/mol. The van der Waals surface area contributed by atoms with Crippen molar-refractivity contribution < 1.29 is 28.9 Å². The number of pyridine rings is 1. The predicted octanol–water partition coefficient (Wildman–Crippen LogP) is 7.33. The van der Waals surface area contributed by atoms with Crippen molar-refractivity contribution in [2.75, 3.05) is 31.5 Å². The zero-order valence-electron chi connectivity index (χ0n) is 31.5. The average molecular weight is 758 g/mol. The molecule has 3 heterocycles. The Morgan fingerprint density at radius 3 is 2.46 bits per heavy atom. The fourth-order valence-electron chi connectivity index (χ4n) is 5.85. The lowest BCUT2D eigenvalue weighted by Crippen LogP contribution is -2.35. The van der Waals surface area contributed by atoms with Gasteiger partial charge in [0.2, 0.25) is 11.8 Å². The first-order chi connectivity index (χ1) is 25.6. The van der Waals surface area contributed by atoms with Crippen molar-refractivity contribution in [3.8, 4) is 17.3 Å². The zero-order valence-corrected chi connectivity index (χ0v) is 32.2. The van der Waals surface area contributed by atoms with Crippen LogP contribution in [0.25, 0.3) is 5.69 Å². The van der Waals surface area contributed by atoms with E-state index in [1.165, 1.54) is 35.7 Å². The molecule has 3 aromatic heterocycles. The van der Waals surface area contributed by atoms with Crippen molar-refractivity contribution in [2.24, 2.45) is 0 Å². The van der Waals surface area contributed by atoms with E-state index in [1.807, 2.05) is 68.5 Å². The number of aromatic carboxylic acids is 1. The molecule has 0 saturated carbocycles. The fourth-order valence-corrected chi connectivity index (χ4v) is 6.07. The Hall–Kier alpha value is -5.89. The molecule has 15 heteroatoms. The molecular weight excluding hydrogens is 714 g/mol. The number of rotatable bonds is 12. The first-order valence-corrected chi connectivity index (χ1v) is 17.6. The lowest BCUT2D eigenvalue weighted by molar-refractivity contribution is 0.0586. The number of nitrogens with one attached hydrogen (secondary N) is 1. The standard InChI is InChI=1S/C39H44ClN7O7/c1-23(2)33-30(32(36(49)50)44-47(33)29-20-41-37(43-34(29)53-8)45(6)38(51)54-39(3,4)5)31(25-13-11-9-10-12-14-25)42-26-19-28(40)35(48)46(22-26)21-24-15-17-27(52-7)18-16-24/h9,11-20,22-23,31,42H,10,21H2,1-8H3,(H,49,50). The number of anilines is 2. The average Bonchev–Trinajstić information content (AvgIpc) is 3.33. The number of allylic oxidation sites excluding steroid dienone is 4. The van der Waals surface area contributed by atoms with E-state index in [4.69, 9.17) is 25.8 Å². The van der Waals surface area contributed by atoms with Gasteiger partial charge in [0.25, 0.3) is 5.56 Å². The van der Waals surface area contributed by atoms with Crippen molar-refractivity contribution in [1.29, 1.82) is 0 Å². The van der Waals surface area contributed by atoms with Crippen LogP contribution in [0.3, 0.4) is 0 Å². The quantitative estimate of drug-likeness (QED) is 0.149. The molecule has 284 valence electrons. The van der Waals surface area contributed by atoms with Gasteiger partial charge in [-0.25, -0.2) is 24.2 Å². The summed E-state index contributed by atoms with van der Waals surface area (Å²) in [4.78, 5) is 49.1. The summed E-state index contributed by atoms with van der Waals surface area (Å²) >= 11 is 6.54. The van der Waals surface area contributed by atoms with Crippen molar-refractivity contribution in [3.05, 3.63) is 117 Å². The summed E-state index contributed by atoms with van der Waals surface area (Å²) in [7, 11) is 4.46. The minimum Gasteiger partial charge on any atom is -0.497 e. The first-order valence-electron chi connectivity index (χ1n) is 17.2. The number of halogens is 1. The number of carboxylic acids is 1. The van der Waals surface area contributed by atoms with E-state index in [-0.39, 0.29) is 46.3 Å². The molecule has 0 radical (unpaired) electrons. The summed E-state index contributed by atoms with van der Waals surface area (Å²) in [5, 5.41) is 18.8.